The van der Waals surface area contributed by atoms with Gasteiger partial charge < -0.3 is 5.73 Å². The molecule has 0 aliphatic rings. The lowest BCUT2D eigenvalue weighted by atomic mass is 10.2. The summed E-state index contributed by atoms with van der Waals surface area (Å²) in [7, 11) is 0. The first-order valence-corrected chi connectivity index (χ1v) is 5.02. The SMILES string of the molecule is N#Cc1ccc(=O)n(Cc2cccc(N)c2)n1. The van der Waals surface area contributed by atoms with Crippen LogP contribution in [0.4, 0.5) is 5.69 Å². The summed E-state index contributed by atoms with van der Waals surface area (Å²) in [4.78, 5) is 11.5. The summed E-state index contributed by atoms with van der Waals surface area (Å²) in [6.45, 7) is 0.305. The first-order valence-electron chi connectivity index (χ1n) is 5.02. The standard InChI is InChI=1S/C12H10N4O/c13-7-11-4-5-12(17)16(15-11)8-9-2-1-3-10(14)6-9/h1-6H,8,14H2. The van der Waals surface area contributed by atoms with E-state index in [4.69, 9.17) is 11.0 Å². The smallest absolute Gasteiger partial charge is 0.267 e. The van der Waals surface area contributed by atoms with Crippen molar-refractivity contribution in [3.63, 3.8) is 0 Å². The number of nitrogen functional groups attached to an aromatic ring is 1. The largest absolute Gasteiger partial charge is 0.399 e. The summed E-state index contributed by atoms with van der Waals surface area (Å²) >= 11 is 0. The summed E-state index contributed by atoms with van der Waals surface area (Å²) in [5.74, 6) is 0. The summed E-state index contributed by atoms with van der Waals surface area (Å²) in [6, 6.07) is 11.8. The Morgan fingerprint density at radius 3 is 2.88 bits per heavy atom. The molecule has 1 heterocycles. The van der Waals surface area contributed by atoms with Crippen molar-refractivity contribution in [1.29, 1.82) is 5.26 Å². The zero-order valence-electron chi connectivity index (χ0n) is 9.00. The molecule has 1 aromatic heterocycles. The zero-order chi connectivity index (χ0) is 12.3. The van der Waals surface area contributed by atoms with Gasteiger partial charge in [-0.1, -0.05) is 12.1 Å². The second-order valence-electron chi connectivity index (χ2n) is 3.57. The minimum atomic E-state index is -0.244. The number of rotatable bonds is 2. The normalized spacial score (nSPS) is 9.82. The molecule has 0 saturated carbocycles. The van der Waals surface area contributed by atoms with Crippen molar-refractivity contribution in [2.45, 2.75) is 6.54 Å². The van der Waals surface area contributed by atoms with Crippen molar-refractivity contribution in [1.82, 2.24) is 9.78 Å². The Labute approximate surface area is 97.7 Å². The predicted molar refractivity (Wildman–Crippen MR) is 63.2 cm³/mol. The van der Waals surface area contributed by atoms with Crippen molar-refractivity contribution in [2.75, 3.05) is 5.73 Å². The molecule has 0 radical (unpaired) electrons. The highest BCUT2D eigenvalue weighted by atomic mass is 16.1. The maximum atomic E-state index is 11.5. The summed E-state index contributed by atoms with van der Waals surface area (Å²) in [5, 5.41) is 12.6. The maximum absolute atomic E-state index is 11.5. The zero-order valence-corrected chi connectivity index (χ0v) is 9.00. The van der Waals surface area contributed by atoms with E-state index in [1.54, 1.807) is 12.1 Å². The topological polar surface area (TPSA) is 84.7 Å². The minimum Gasteiger partial charge on any atom is -0.399 e. The molecule has 5 heteroatoms. The quantitative estimate of drug-likeness (QED) is 0.765. The van der Waals surface area contributed by atoms with E-state index in [1.165, 1.54) is 16.8 Å². The molecule has 0 amide bonds. The molecule has 0 atom stereocenters. The third-order valence-electron chi connectivity index (χ3n) is 2.26. The molecular formula is C12H10N4O. The molecule has 0 fully saturated rings. The van der Waals surface area contributed by atoms with Crippen molar-refractivity contribution >= 4 is 5.69 Å². The maximum Gasteiger partial charge on any atom is 0.267 e. The summed E-state index contributed by atoms with van der Waals surface area (Å²) < 4.78 is 1.24. The van der Waals surface area contributed by atoms with Gasteiger partial charge in [-0.2, -0.15) is 10.4 Å². The van der Waals surface area contributed by atoms with Crippen LogP contribution in [-0.4, -0.2) is 9.78 Å². The van der Waals surface area contributed by atoms with Crippen LogP contribution in [0.25, 0.3) is 0 Å². The molecule has 0 aliphatic heterocycles. The summed E-state index contributed by atoms with van der Waals surface area (Å²) in [6.07, 6.45) is 0. The van der Waals surface area contributed by atoms with Gasteiger partial charge in [0.2, 0.25) is 0 Å². The van der Waals surface area contributed by atoms with Crippen LogP contribution in [0.2, 0.25) is 0 Å². The van der Waals surface area contributed by atoms with Crippen LogP contribution in [0.1, 0.15) is 11.3 Å². The van der Waals surface area contributed by atoms with Gasteiger partial charge in [0.1, 0.15) is 6.07 Å². The first kappa shape index (κ1) is 10.9. The molecule has 0 aliphatic carbocycles. The van der Waals surface area contributed by atoms with Gasteiger partial charge in [0.25, 0.3) is 5.56 Å². The number of nitrogens with zero attached hydrogens (tertiary/aromatic N) is 3. The lowest BCUT2D eigenvalue weighted by Crippen LogP contribution is -2.23. The van der Waals surface area contributed by atoms with Crippen molar-refractivity contribution < 1.29 is 0 Å². The molecule has 84 valence electrons. The molecule has 17 heavy (non-hydrogen) atoms. The number of nitrogens with two attached hydrogens (primary N) is 1. The highest BCUT2D eigenvalue weighted by Gasteiger charge is 2.01. The van der Waals surface area contributed by atoms with E-state index in [1.807, 2.05) is 18.2 Å². The van der Waals surface area contributed by atoms with Crippen molar-refractivity contribution in [2.24, 2.45) is 0 Å². The van der Waals surface area contributed by atoms with E-state index in [9.17, 15) is 4.79 Å². The van der Waals surface area contributed by atoms with Gasteiger partial charge in [-0.15, -0.1) is 0 Å². The third-order valence-corrected chi connectivity index (χ3v) is 2.26. The fourth-order valence-electron chi connectivity index (χ4n) is 1.49. The second-order valence-corrected chi connectivity index (χ2v) is 3.57. The Morgan fingerprint density at radius 2 is 2.18 bits per heavy atom. The number of benzene rings is 1. The highest BCUT2D eigenvalue weighted by molar-refractivity contribution is 5.40. The third kappa shape index (κ3) is 2.49. The van der Waals surface area contributed by atoms with Crippen LogP contribution in [0.5, 0.6) is 0 Å². The van der Waals surface area contributed by atoms with Gasteiger partial charge in [-0.3, -0.25) is 4.79 Å². The lowest BCUT2D eigenvalue weighted by molar-refractivity contribution is 0.634. The van der Waals surface area contributed by atoms with Gasteiger partial charge in [-0.05, 0) is 23.8 Å². The van der Waals surface area contributed by atoms with Crippen LogP contribution >= 0.6 is 0 Å². The monoisotopic (exact) mass is 226 g/mol. The Kier molecular flexibility index (Phi) is 2.88. The predicted octanol–water partition coefficient (Wildman–Crippen LogP) is 0.745. The average molecular weight is 226 g/mol. The second kappa shape index (κ2) is 4.49. The number of nitriles is 1. The fourth-order valence-corrected chi connectivity index (χ4v) is 1.49. The van der Waals surface area contributed by atoms with Crippen molar-refractivity contribution in [3.8, 4) is 6.07 Å². The molecule has 1 aromatic carbocycles. The first-order chi connectivity index (χ1) is 8.19. The van der Waals surface area contributed by atoms with Gasteiger partial charge in [0.05, 0.1) is 6.54 Å². The van der Waals surface area contributed by atoms with Crippen LogP contribution in [0.3, 0.4) is 0 Å². The number of hydrogen-bond acceptors (Lipinski definition) is 4. The Morgan fingerprint density at radius 1 is 1.35 bits per heavy atom. The number of aromatic nitrogens is 2. The number of hydrogen-bond donors (Lipinski definition) is 1. The van der Waals surface area contributed by atoms with Crippen molar-refractivity contribution in [3.05, 3.63) is 58.0 Å². The van der Waals surface area contributed by atoms with Gasteiger partial charge >= 0.3 is 0 Å². The van der Waals surface area contributed by atoms with E-state index in [2.05, 4.69) is 5.10 Å². The molecule has 0 spiro atoms. The van der Waals surface area contributed by atoms with E-state index in [0.29, 0.717) is 12.2 Å². The fraction of sp³-hybridized carbons (Fsp3) is 0.0833. The lowest BCUT2D eigenvalue weighted by Gasteiger charge is -2.05. The minimum absolute atomic E-state index is 0.216. The van der Waals surface area contributed by atoms with E-state index in [0.717, 1.165) is 5.56 Å². The Hall–Kier alpha value is -2.61. The van der Waals surface area contributed by atoms with Gasteiger partial charge in [-0.25, -0.2) is 4.68 Å². The Balaban J connectivity index is 2.36. The molecule has 2 rings (SSSR count). The van der Waals surface area contributed by atoms with Crippen LogP contribution in [-0.2, 0) is 6.54 Å². The Bertz CT molecular complexity index is 639. The highest BCUT2D eigenvalue weighted by Crippen LogP contribution is 2.06. The van der Waals surface area contributed by atoms with Crippen LogP contribution < -0.4 is 11.3 Å². The average Bonchev–Trinajstić information content (AvgIpc) is 2.32. The molecule has 0 bridgehead atoms. The van der Waals surface area contributed by atoms with Gasteiger partial charge in [0.15, 0.2) is 5.69 Å². The molecule has 0 unspecified atom stereocenters. The van der Waals surface area contributed by atoms with E-state index < -0.39 is 0 Å². The molecule has 5 nitrogen and oxygen atoms in total. The number of anilines is 1. The van der Waals surface area contributed by atoms with E-state index >= 15 is 0 Å². The van der Waals surface area contributed by atoms with Crippen LogP contribution in [0.15, 0.2) is 41.2 Å². The molecule has 2 N–H and O–H groups in total. The summed E-state index contributed by atoms with van der Waals surface area (Å²) in [5.41, 5.74) is 7.12. The van der Waals surface area contributed by atoms with Gasteiger partial charge in [0, 0.05) is 11.8 Å². The van der Waals surface area contributed by atoms with Crippen LogP contribution in [0, 0.1) is 11.3 Å². The molecule has 0 saturated heterocycles. The molecule has 2 aromatic rings. The van der Waals surface area contributed by atoms with E-state index in [-0.39, 0.29) is 11.3 Å². The molecular weight excluding hydrogens is 216 g/mol.